The Morgan fingerprint density at radius 1 is 1.57 bits per heavy atom. The molecule has 0 bridgehead atoms. The first kappa shape index (κ1) is 16.2. The van der Waals surface area contributed by atoms with Crippen molar-refractivity contribution in [3.05, 3.63) is 29.1 Å². The molecule has 3 rings (SSSR count). The highest BCUT2D eigenvalue weighted by Gasteiger charge is 2.19. The lowest BCUT2D eigenvalue weighted by Gasteiger charge is -2.14. The molecule has 1 fully saturated rings. The Bertz CT molecular complexity index is 746. The molecule has 2 aromatic rings. The zero-order valence-electron chi connectivity index (χ0n) is 13.3. The second kappa shape index (κ2) is 7.25. The lowest BCUT2D eigenvalue weighted by atomic mass is 10.2. The third kappa shape index (κ3) is 3.80. The van der Waals surface area contributed by atoms with Crippen LogP contribution in [-0.2, 0) is 21.3 Å². The molecular formula is C16H21N3O3S. The normalized spacial score (nSPS) is 20.1. The van der Waals surface area contributed by atoms with E-state index in [1.54, 1.807) is 6.92 Å². The molecule has 0 saturated carbocycles. The van der Waals surface area contributed by atoms with Gasteiger partial charge in [-0.05, 0) is 31.9 Å². The van der Waals surface area contributed by atoms with Crippen molar-refractivity contribution < 1.29 is 14.3 Å². The van der Waals surface area contributed by atoms with Crippen molar-refractivity contribution in [2.24, 2.45) is 12.1 Å². The minimum atomic E-state index is -0.553. The van der Waals surface area contributed by atoms with Gasteiger partial charge in [0, 0.05) is 13.7 Å². The van der Waals surface area contributed by atoms with Crippen LogP contribution in [0.3, 0.4) is 0 Å². The molecule has 23 heavy (non-hydrogen) atoms. The number of nitrogens with zero attached hydrogens (tertiary/aromatic N) is 2. The van der Waals surface area contributed by atoms with E-state index in [0.29, 0.717) is 6.61 Å². The van der Waals surface area contributed by atoms with Crippen LogP contribution in [0.5, 0.6) is 0 Å². The van der Waals surface area contributed by atoms with Gasteiger partial charge in [0.05, 0.1) is 22.9 Å². The summed E-state index contributed by atoms with van der Waals surface area (Å²) in [5.74, 6) is -0.250. The molecule has 0 radical (unpaired) electrons. The predicted octanol–water partition coefficient (Wildman–Crippen LogP) is 1.76. The van der Waals surface area contributed by atoms with Gasteiger partial charge in [0.1, 0.15) is 6.10 Å². The fourth-order valence-corrected chi connectivity index (χ4v) is 3.46. The first-order valence-corrected chi connectivity index (χ1v) is 8.58. The van der Waals surface area contributed by atoms with Crippen LogP contribution >= 0.6 is 11.3 Å². The molecule has 6 nitrogen and oxygen atoms in total. The Morgan fingerprint density at radius 2 is 2.39 bits per heavy atom. The summed E-state index contributed by atoms with van der Waals surface area (Å²) < 4.78 is 14.1. The van der Waals surface area contributed by atoms with E-state index in [1.165, 1.54) is 11.3 Å². The first-order valence-electron chi connectivity index (χ1n) is 7.76. The summed E-state index contributed by atoms with van der Waals surface area (Å²) in [6.07, 6.45) is 1.62. The van der Waals surface area contributed by atoms with Crippen molar-refractivity contribution in [3.8, 4) is 0 Å². The van der Waals surface area contributed by atoms with Crippen LogP contribution in [0.25, 0.3) is 10.2 Å². The zero-order chi connectivity index (χ0) is 16.2. The molecule has 1 N–H and O–H groups in total. The largest absolute Gasteiger partial charge is 0.376 e. The van der Waals surface area contributed by atoms with Crippen LogP contribution in [0.1, 0.15) is 19.8 Å². The van der Waals surface area contributed by atoms with E-state index in [2.05, 4.69) is 10.5 Å². The zero-order valence-corrected chi connectivity index (χ0v) is 14.1. The number of aromatic nitrogens is 1. The number of fused-ring (bicyclic) bond motifs is 1. The molecule has 2 unspecified atom stereocenters. The van der Waals surface area contributed by atoms with Crippen LogP contribution in [0.4, 0.5) is 0 Å². The van der Waals surface area contributed by atoms with Crippen LogP contribution in [0, 0.1) is 0 Å². The molecule has 7 heteroatoms. The summed E-state index contributed by atoms with van der Waals surface area (Å²) in [5, 5.41) is 4.21. The second-order valence-corrected chi connectivity index (χ2v) is 6.62. The number of para-hydroxylation sites is 1. The third-order valence-corrected chi connectivity index (χ3v) is 5.01. The van der Waals surface area contributed by atoms with Crippen molar-refractivity contribution >= 4 is 27.5 Å². The number of ether oxygens (including phenoxy) is 2. The summed E-state index contributed by atoms with van der Waals surface area (Å²) in [5.41, 5.74) is 3.68. The standard InChI is InChI=1S/C16H21N3O3S/c1-11(22-10-12-6-5-9-21-12)15(20)17-18-16-19(2)13-7-3-4-8-14(13)23-16/h3-4,7-8,11-12H,5-6,9-10H2,1-2H3,(H,17,20). The van der Waals surface area contributed by atoms with Crippen molar-refractivity contribution in [3.63, 3.8) is 0 Å². The SMILES string of the molecule is CC(OCC1CCCO1)C(=O)NN=c1sc2ccccc2n1C. The van der Waals surface area contributed by atoms with Gasteiger partial charge in [-0.15, -0.1) is 5.10 Å². The van der Waals surface area contributed by atoms with E-state index in [4.69, 9.17) is 9.47 Å². The maximum atomic E-state index is 12.1. The van der Waals surface area contributed by atoms with Gasteiger partial charge in [0.25, 0.3) is 5.91 Å². The van der Waals surface area contributed by atoms with Crippen LogP contribution in [0.15, 0.2) is 29.4 Å². The molecule has 1 aromatic carbocycles. The van der Waals surface area contributed by atoms with E-state index in [9.17, 15) is 4.79 Å². The predicted molar refractivity (Wildman–Crippen MR) is 88.9 cm³/mol. The summed E-state index contributed by atoms with van der Waals surface area (Å²) in [6, 6.07) is 8.04. The number of amides is 1. The highest BCUT2D eigenvalue weighted by atomic mass is 32.1. The molecule has 124 valence electrons. The topological polar surface area (TPSA) is 64.8 Å². The summed E-state index contributed by atoms with van der Waals surface area (Å²) >= 11 is 1.53. The molecule has 1 saturated heterocycles. The van der Waals surface area contributed by atoms with Crippen LogP contribution in [0.2, 0.25) is 0 Å². The van der Waals surface area contributed by atoms with Gasteiger partial charge in [0.2, 0.25) is 4.80 Å². The highest BCUT2D eigenvalue weighted by molar-refractivity contribution is 7.16. The molecule has 1 amide bonds. The monoisotopic (exact) mass is 335 g/mol. The van der Waals surface area contributed by atoms with Crippen LogP contribution in [-0.4, -0.2) is 35.9 Å². The Labute approximate surface area is 138 Å². The number of nitrogens with one attached hydrogen (secondary N) is 1. The summed E-state index contributed by atoms with van der Waals surface area (Å²) in [4.78, 5) is 12.8. The minimum Gasteiger partial charge on any atom is -0.376 e. The molecule has 2 atom stereocenters. The fourth-order valence-electron chi connectivity index (χ4n) is 2.49. The van der Waals surface area contributed by atoms with Crippen LogP contribution < -0.4 is 10.2 Å². The molecular weight excluding hydrogens is 314 g/mol. The molecule has 0 spiro atoms. The maximum Gasteiger partial charge on any atom is 0.268 e. The third-order valence-electron chi connectivity index (χ3n) is 3.90. The van der Waals surface area contributed by atoms with Crippen molar-refractivity contribution in [1.29, 1.82) is 0 Å². The average Bonchev–Trinajstić information content (AvgIpc) is 3.19. The summed E-state index contributed by atoms with van der Waals surface area (Å²) in [6.45, 7) is 2.96. The second-order valence-electron chi connectivity index (χ2n) is 5.61. The Morgan fingerprint density at radius 3 is 3.13 bits per heavy atom. The Balaban J connectivity index is 1.61. The number of hydrogen-bond acceptors (Lipinski definition) is 5. The quantitative estimate of drug-likeness (QED) is 0.847. The molecule has 1 aliphatic rings. The average molecular weight is 335 g/mol. The lowest BCUT2D eigenvalue weighted by Crippen LogP contribution is -2.34. The smallest absolute Gasteiger partial charge is 0.268 e. The number of thiazole rings is 1. The number of rotatable bonds is 5. The number of aryl methyl sites for hydroxylation is 1. The van der Waals surface area contributed by atoms with E-state index in [1.807, 2.05) is 35.9 Å². The highest BCUT2D eigenvalue weighted by Crippen LogP contribution is 2.15. The first-order chi connectivity index (χ1) is 11.1. The minimum absolute atomic E-state index is 0.114. The fraction of sp³-hybridized carbons (Fsp3) is 0.500. The van der Waals surface area contributed by atoms with Crippen molar-refractivity contribution in [1.82, 2.24) is 9.99 Å². The van der Waals surface area contributed by atoms with E-state index in [0.717, 1.165) is 34.5 Å². The van der Waals surface area contributed by atoms with E-state index >= 15 is 0 Å². The van der Waals surface area contributed by atoms with Crippen molar-refractivity contribution in [2.45, 2.75) is 32.0 Å². The van der Waals surface area contributed by atoms with Gasteiger partial charge < -0.3 is 14.0 Å². The van der Waals surface area contributed by atoms with Gasteiger partial charge >= 0.3 is 0 Å². The Hall–Kier alpha value is -1.70. The number of carbonyl (C=O) groups is 1. The maximum absolute atomic E-state index is 12.1. The van der Waals surface area contributed by atoms with E-state index < -0.39 is 6.10 Å². The molecule has 0 aliphatic carbocycles. The lowest BCUT2D eigenvalue weighted by molar-refractivity contribution is -0.133. The summed E-state index contributed by atoms with van der Waals surface area (Å²) in [7, 11) is 1.93. The Kier molecular flexibility index (Phi) is 5.09. The van der Waals surface area contributed by atoms with Gasteiger partial charge in [0.15, 0.2) is 0 Å². The van der Waals surface area contributed by atoms with E-state index in [-0.39, 0.29) is 12.0 Å². The van der Waals surface area contributed by atoms with Crippen molar-refractivity contribution in [2.75, 3.05) is 13.2 Å². The molecule has 2 heterocycles. The number of benzene rings is 1. The molecule has 1 aliphatic heterocycles. The van der Waals surface area contributed by atoms with Gasteiger partial charge in [-0.3, -0.25) is 4.79 Å². The number of hydrogen-bond donors (Lipinski definition) is 1. The van der Waals surface area contributed by atoms with Gasteiger partial charge in [-0.2, -0.15) is 0 Å². The van der Waals surface area contributed by atoms with Gasteiger partial charge in [-0.1, -0.05) is 23.5 Å². The molecule has 1 aromatic heterocycles. The number of carbonyl (C=O) groups excluding carboxylic acids is 1. The van der Waals surface area contributed by atoms with Gasteiger partial charge in [-0.25, -0.2) is 5.43 Å².